The van der Waals surface area contributed by atoms with Gasteiger partial charge in [-0.05, 0) is 42.2 Å². The van der Waals surface area contributed by atoms with Gasteiger partial charge in [-0.1, -0.05) is 72.3 Å². The molecule has 3 aromatic carbocycles. The number of carbonyl (C=O) groups is 1. The highest BCUT2D eigenvalue weighted by Gasteiger charge is 2.08. The van der Waals surface area contributed by atoms with E-state index in [4.69, 9.17) is 4.74 Å². The van der Waals surface area contributed by atoms with Crippen LogP contribution in [0.25, 0.3) is 0 Å². The lowest BCUT2D eigenvalue weighted by Gasteiger charge is -2.09. The number of benzene rings is 3. The highest BCUT2D eigenvalue weighted by Crippen LogP contribution is 2.12. The molecule has 27 heavy (non-hydrogen) atoms. The van der Waals surface area contributed by atoms with Crippen LogP contribution >= 0.6 is 0 Å². The number of amides is 1. The molecule has 0 unspecified atom stereocenters. The van der Waals surface area contributed by atoms with Gasteiger partial charge in [-0.3, -0.25) is 4.79 Å². The number of ether oxygens (including phenoxy) is 1. The fourth-order valence-corrected chi connectivity index (χ4v) is 2.96. The summed E-state index contributed by atoms with van der Waals surface area (Å²) in [6, 6.07) is 24.2. The van der Waals surface area contributed by atoms with Crippen LogP contribution in [0.1, 0.15) is 38.2 Å². The highest BCUT2D eigenvalue weighted by atomic mass is 16.5. The normalized spacial score (nSPS) is 10.6. The van der Waals surface area contributed by atoms with Gasteiger partial charge in [0.1, 0.15) is 0 Å². The summed E-state index contributed by atoms with van der Waals surface area (Å²) in [5, 5.41) is 2.99. The molecule has 0 atom stereocenters. The van der Waals surface area contributed by atoms with Crippen molar-refractivity contribution in [3.05, 3.63) is 106 Å². The van der Waals surface area contributed by atoms with E-state index in [2.05, 4.69) is 17.4 Å². The Labute approximate surface area is 161 Å². The molecule has 0 aromatic heterocycles. The van der Waals surface area contributed by atoms with E-state index in [1.165, 1.54) is 5.56 Å². The third-order valence-electron chi connectivity index (χ3n) is 4.48. The van der Waals surface area contributed by atoms with Gasteiger partial charge in [0.05, 0.1) is 13.2 Å². The van der Waals surface area contributed by atoms with E-state index >= 15 is 0 Å². The fourth-order valence-electron chi connectivity index (χ4n) is 2.96. The monoisotopic (exact) mass is 359 g/mol. The van der Waals surface area contributed by atoms with Gasteiger partial charge in [0.25, 0.3) is 5.91 Å². The Bertz CT molecular complexity index is 886. The predicted molar refractivity (Wildman–Crippen MR) is 108 cm³/mol. The first kappa shape index (κ1) is 18.9. The van der Waals surface area contributed by atoms with Crippen LogP contribution in [-0.4, -0.2) is 5.91 Å². The Morgan fingerprint density at radius 3 is 2.11 bits per heavy atom. The molecule has 3 rings (SSSR count). The van der Waals surface area contributed by atoms with Gasteiger partial charge in [0, 0.05) is 12.1 Å². The van der Waals surface area contributed by atoms with E-state index in [0.29, 0.717) is 19.8 Å². The summed E-state index contributed by atoms with van der Waals surface area (Å²) in [4.78, 5) is 12.4. The molecule has 0 saturated carbocycles. The van der Waals surface area contributed by atoms with E-state index in [9.17, 15) is 4.79 Å². The van der Waals surface area contributed by atoms with Crippen molar-refractivity contribution in [3.63, 3.8) is 0 Å². The topological polar surface area (TPSA) is 38.3 Å². The third-order valence-corrected chi connectivity index (χ3v) is 4.48. The van der Waals surface area contributed by atoms with Crippen molar-refractivity contribution in [2.45, 2.75) is 33.6 Å². The van der Waals surface area contributed by atoms with Crippen LogP contribution in [0.2, 0.25) is 0 Å². The number of carbonyl (C=O) groups excluding carboxylic acids is 1. The van der Waals surface area contributed by atoms with E-state index in [-0.39, 0.29) is 5.91 Å². The zero-order valence-corrected chi connectivity index (χ0v) is 15.9. The maximum Gasteiger partial charge on any atom is 0.251 e. The summed E-state index contributed by atoms with van der Waals surface area (Å²) in [6.07, 6.45) is 0. The average Bonchev–Trinajstić information content (AvgIpc) is 2.68. The van der Waals surface area contributed by atoms with Crippen LogP contribution in [0.5, 0.6) is 0 Å². The molecule has 0 saturated heterocycles. The molecule has 0 heterocycles. The predicted octanol–water partition coefficient (Wildman–Crippen LogP) is 4.95. The summed E-state index contributed by atoms with van der Waals surface area (Å²) in [5.41, 5.74) is 6.25. The molecule has 0 spiro atoms. The largest absolute Gasteiger partial charge is 0.372 e. The highest BCUT2D eigenvalue weighted by molar-refractivity contribution is 5.95. The first-order valence-electron chi connectivity index (χ1n) is 9.17. The van der Waals surface area contributed by atoms with Gasteiger partial charge in [-0.15, -0.1) is 0 Å². The number of hydrogen-bond acceptors (Lipinski definition) is 2. The maximum absolute atomic E-state index is 12.4. The Hall–Kier alpha value is -2.91. The van der Waals surface area contributed by atoms with Gasteiger partial charge in [-0.25, -0.2) is 0 Å². The lowest BCUT2D eigenvalue weighted by molar-refractivity contribution is 0.0950. The van der Waals surface area contributed by atoms with Crippen molar-refractivity contribution in [3.8, 4) is 0 Å². The standard InChI is InChI=1S/C24H25NO2/c1-18-8-13-23(19(2)14-18)24(26)25-15-20-9-11-22(12-10-20)17-27-16-21-6-4-3-5-7-21/h3-14H,15-17H2,1-2H3,(H,25,26). The molecule has 0 aliphatic rings. The van der Waals surface area contributed by atoms with Crippen molar-refractivity contribution in [1.82, 2.24) is 5.32 Å². The van der Waals surface area contributed by atoms with Crippen molar-refractivity contribution < 1.29 is 9.53 Å². The van der Waals surface area contributed by atoms with Gasteiger partial charge in [0.2, 0.25) is 0 Å². The molecule has 1 amide bonds. The maximum atomic E-state index is 12.4. The van der Waals surface area contributed by atoms with Gasteiger partial charge >= 0.3 is 0 Å². The zero-order valence-electron chi connectivity index (χ0n) is 15.9. The average molecular weight is 359 g/mol. The molecular formula is C24H25NO2. The van der Waals surface area contributed by atoms with Crippen LogP contribution in [-0.2, 0) is 24.5 Å². The molecule has 0 radical (unpaired) electrons. The van der Waals surface area contributed by atoms with Crippen LogP contribution in [0.3, 0.4) is 0 Å². The second kappa shape index (κ2) is 9.15. The van der Waals surface area contributed by atoms with E-state index in [1.54, 1.807) is 0 Å². The van der Waals surface area contributed by atoms with E-state index in [0.717, 1.165) is 27.8 Å². The van der Waals surface area contributed by atoms with Gasteiger partial charge in [-0.2, -0.15) is 0 Å². The minimum absolute atomic E-state index is 0.0391. The summed E-state index contributed by atoms with van der Waals surface area (Å²) in [7, 11) is 0. The SMILES string of the molecule is Cc1ccc(C(=O)NCc2ccc(COCc3ccccc3)cc2)c(C)c1. The first-order chi connectivity index (χ1) is 13.1. The van der Waals surface area contributed by atoms with Crippen LogP contribution in [0, 0.1) is 13.8 Å². The molecule has 0 aliphatic carbocycles. The lowest BCUT2D eigenvalue weighted by atomic mass is 10.1. The first-order valence-corrected chi connectivity index (χ1v) is 9.17. The van der Waals surface area contributed by atoms with Gasteiger partial charge < -0.3 is 10.1 Å². The quantitative estimate of drug-likeness (QED) is 0.648. The Morgan fingerprint density at radius 1 is 0.815 bits per heavy atom. The molecule has 3 nitrogen and oxygen atoms in total. The molecule has 3 heteroatoms. The Morgan fingerprint density at radius 2 is 1.44 bits per heavy atom. The molecule has 3 aromatic rings. The molecular weight excluding hydrogens is 334 g/mol. The number of rotatable bonds is 7. The van der Waals surface area contributed by atoms with Crippen LogP contribution < -0.4 is 5.32 Å². The van der Waals surface area contributed by atoms with Crippen molar-refractivity contribution >= 4 is 5.91 Å². The number of hydrogen-bond donors (Lipinski definition) is 1. The summed E-state index contributed by atoms with van der Waals surface area (Å²) in [6.45, 7) is 5.68. The third kappa shape index (κ3) is 5.53. The summed E-state index contributed by atoms with van der Waals surface area (Å²) >= 11 is 0. The van der Waals surface area contributed by atoms with Crippen molar-refractivity contribution in [1.29, 1.82) is 0 Å². The second-order valence-corrected chi connectivity index (χ2v) is 6.80. The van der Waals surface area contributed by atoms with Crippen molar-refractivity contribution in [2.75, 3.05) is 0 Å². The van der Waals surface area contributed by atoms with E-state index < -0.39 is 0 Å². The molecule has 0 aliphatic heterocycles. The molecule has 1 N–H and O–H groups in total. The lowest BCUT2D eigenvalue weighted by Crippen LogP contribution is -2.23. The summed E-state index contributed by atoms with van der Waals surface area (Å²) in [5.74, 6) is -0.0391. The van der Waals surface area contributed by atoms with Crippen LogP contribution in [0.4, 0.5) is 0 Å². The Balaban J connectivity index is 1.48. The second-order valence-electron chi connectivity index (χ2n) is 6.80. The smallest absolute Gasteiger partial charge is 0.251 e. The molecule has 0 fully saturated rings. The number of aryl methyl sites for hydroxylation is 2. The van der Waals surface area contributed by atoms with Crippen LogP contribution in [0.15, 0.2) is 72.8 Å². The minimum Gasteiger partial charge on any atom is -0.372 e. The van der Waals surface area contributed by atoms with E-state index in [1.807, 2.05) is 74.5 Å². The molecule has 0 bridgehead atoms. The van der Waals surface area contributed by atoms with Gasteiger partial charge in [0.15, 0.2) is 0 Å². The molecule has 138 valence electrons. The zero-order chi connectivity index (χ0) is 19.1. The van der Waals surface area contributed by atoms with Crippen molar-refractivity contribution in [2.24, 2.45) is 0 Å². The fraction of sp³-hybridized carbons (Fsp3) is 0.208. The number of nitrogens with one attached hydrogen (secondary N) is 1. The summed E-state index contributed by atoms with van der Waals surface area (Å²) < 4.78 is 5.75. The Kier molecular flexibility index (Phi) is 6.39. The minimum atomic E-state index is -0.0391.